The highest BCUT2D eigenvalue weighted by molar-refractivity contribution is 5.79. The third-order valence-corrected chi connectivity index (χ3v) is 3.61. The molecule has 0 aromatic heterocycles. The summed E-state index contributed by atoms with van der Waals surface area (Å²) in [4.78, 5) is 26.9. The van der Waals surface area contributed by atoms with Gasteiger partial charge in [-0.3, -0.25) is 9.80 Å². The molecule has 0 spiro atoms. The van der Waals surface area contributed by atoms with Gasteiger partial charge in [0.25, 0.3) is 0 Å². The number of piperazine rings is 1. The van der Waals surface area contributed by atoms with Gasteiger partial charge in [-0.25, -0.2) is 4.79 Å². The van der Waals surface area contributed by atoms with Gasteiger partial charge in [-0.05, 0) is 26.3 Å². The quantitative estimate of drug-likeness (QED) is 0.826. The molecular weight excluding hydrogens is 296 g/mol. The number of carbonyl (C=O) groups excluding carboxylic acids is 2. The Labute approximate surface area is 136 Å². The van der Waals surface area contributed by atoms with E-state index in [-0.39, 0.29) is 6.54 Å². The van der Waals surface area contributed by atoms with Crippen LogP contribution in [0.15, 0.2) is 30.3 Å². The third-order valence-electron chi connectivity index (χ3n) is 3.61. The summed E-state index contributed by atoms with van der Waals surface area (Å²) >= 11 is 0. The molecule has 1 aromatic rings. The molecule has 0 bridgehead atoms. The van der Waals surface area contributed by atoms with Crippen LogP contribution in [0.3, 0.4) is 0 Å². The zero-order valence-electron chi connectivity index (χ0n) is 13.8. The lowest BCUT2D eigenvalue weighted by atomic mass is 10.1. The minimum absolute atomic E-state index is 0.233. The lowest BCUT2D eigenvalue weighted by Gasteiger charge is -2.42. The molecule has 1 fully saturated rings. The normalized spacial score (nSPS) is 19.4. The van der Waals surface area contributed by atoms with Crippen molar-refractivity contribution in [2.24, 2.45) is 0 Å². The Bertz CT molecular complexity index is 553. The number of ether oxygens (including phenoxy) is 1. The van der Waals surface area contributed by atoms with Crippen molar-refractivity contribution in [3.63, 3.8) is 0 Å². The zero-order chi connectivity index (χ0) is 17.0. The van der Waals surface area contributed by atoms with Gasteiger partial charge in [-0.2, -0.15) is 0 Å². The fourth-order valence-corrected chi connectivity index (χ4v) is 2.57. The summed E-state index contributed by atoms with van der Waals surface area (Å²) in [5.74, 6) is -1.26. The van der Waals surface area contributed by atoms with Gasteiger partial charge in [0.05, 0.1) is 12.0 Å². The van der Waals surface area contributed by atoms with Crippen LogP contribution in [0.25, 0.3) is 0 Å². The Hall–Kier alpha value is -2.08. The van der Waals surface area contributed by atoms with Crippen molar-refractivity contribution in [2.75, 3.05) is 19.6 Å². The van der Waals surface area contributed by atoms with E-state index in [0.717, 1.165) is 5.56 Å². The molecule has 0 N–H and O–H groups in total. The standard InChI is InChI=1S/C17H24N2O4/c1-17(2,3)23-16(22)19-10-9-18(12-14(19)15(20)21)11-13-7-5-4-6-8-13/h4-8,14H,9-12H2,1-3H3,(H,20,21)/p-1/t14-/m1/s1. The van der Waals surface area contributed by atoms with Gasteiger partial charge >= 0.3 is 6.09 Å². The van der Waals surface area contributed by atoms with Crippen LogP contribution in [0, 0.1) is 0 Å². The van der Waals surface area contributed by atoms with E-state index in [0.29, 0.717) is 19.6 Å². The van der Waals surface area contributed by atoms with E-state index in [1.165, 1.54) is 4.90 Å². The molecule has 0 unspecified atom stereocenters. The summed E-state index contributed by atoms with van der Waals surface area (Å²) in [6.45, 7) is 7.04. The average molecular weight is 319 g/mol. The molecule has 0 radical (unpaired) electrons. The first-order valence-corrected chi connectivity index (χ1v) is 7.73. The Balaban J connectivity index is 2.03. The Morgan fingerprint density at radius 2 is 1.87 bits per heavy atom. The van der Waals surface area contributed by atoms with E-state index in [2.05, 4.69) is 0 Å². The number of hydrogen-bond acceptors (Lipinski definition) is 5. The molecule has 1 heterocycles. The molecule has 1 amide bonds. The molecule has 1 aliphatic heterocycles. The number of carboxylic acid groups (broad SMARTS) is 1. The summed E-state index contributed by atoms with van der Waals surface area (Å²) < 4.78 is 5.29. The lowest BCUT2D eigenvalue weighted by Crippen LogP contribution is -2.61. The van der Waals surface area contributed by atoms with E-state index >= 15 is 0 Å². The van der Waals surface area contributed by atoms with Gasteiger partial charge in [0.2, 0.25) is 0 Å². The van der Waals surface area contributed by atoms with Crippen LogP contribution >= 0.6 is 0 Å². The number of benzene rings is 1. The van der Waals surface area contributed by atoms with Crippen molar-refractivity contribution < 1.29 is 19.4 Å². The summed E-state index contributed by atoms with van der Waals surface area (Å²) in [5.41, 5.74) is 0.449. The van der Waals surface area contributed by atoms with Crippen LogP contribution in [-0.2, 0) is 16.1 Å². The van der Waals surface area contributed by atoms with Crippen molar-refractivity contribution in [1.82, 2.24) is 9.80 Å². The molecule has 1 aliphatic rings. The smallest absolute Gasteiger partial charge is 0.410 e. The molecule has 1 saturated heterocycles. The van der Waals surface area contributed by atoms with Crippen LogP contribution in [0.2, 0.25) is 0 Å². The van der Waals surface area contributed by atoms with E-state index in [9.17, 15) is 14.7 Å². The third kappa shape index (κ3) is 4.96. The number of aliphatic carboxylic acids is 1. The van der Waals surface area contributed by atoms with Crippen molar-refractivity contribution in [1.29, 1.82) is 0 Å². The maximum absolute atomic E-state index is 12.2. The maximum atomic E-state index is 12.2. The van der Waals surface area contributed by atoms with Gasteiger partial charge in [0.1, 0.15) is 5.60 Å². The SMILES string of the molecule is CC(C)(C)OC(=O)N1CCN(Cc2ccccc2)C[C@@H]1C(=O)[O-]. The summed E-state index contributed by atoms with van der Waals surface area (Å²) in [7, 11) is 0. The van der Waals surface area contributed by atoms with Gasteiger partial charge in [0, 0.05) is 26.2 Å². The second-order valence-electron chi connectivity index (χ2n) is 6.73. The van der Waals surface area contributed by atoms with Gasteiger partial charge in [0.15, 0.2) is 0 Å². The zero-order valence-corrected chi connectivity index (χ0v) is 13.8. The molecule has 126 valence electrons. The number of carboxylic acids is 1. The Kier molecular flexibility index (Phi) is 5.26. The predicted octanol–water partition coefficient (Wildman–Crippen LogP) is 0.858. The van der Waals surface area contributed by atoms with Crippen LogP contribution in [0.1, 0.15) is 26.3 Å². The van der Waals surface area contributed by atoms with E-state index in [4.69, 9.17) is 4.74 Å². The van der Waals surface area contributed by atoms with Crippen molar-refractivity contribution >= 4 is 12.1 Å². The first-order chi connectivity index (χ1) is 10.8. The largest absolute Gasteiger partial charge is 0.548 e. The fourth-order valence-electron chi connectivity index (χ4n) is 2.57. The minimum atomic E-state index is -1.26. The first kappa shape index (κ1) is 17.3. The summed E-state index contributed by atoms with van der Waals surface area (Å²) in [5, 5.41) is 11.4. The number of nitrogens with zero attached hydrogens (tertiary/aromatic N) is 2. The molecule has 1 aromatic carbocycles. The van der Waals surface area contributed by atoms with Crippen molar-refractivity contribution in [3.8, 4) is 0 Å². The highest BCUT2D eigenvalue weighted by Crippen LogP contribution is 2.17. The number of rotatable bonds is 3. The predicted molar refractivity (Wildman–Crippen MR) is 83.5 cm³/mol. The van der Waals surface area contributed by atoms with Gasteiger partial charge < -0.3 is 14.6 Å². The first-order valence-electron chi connectivity index (χ1n) is 7.73. The maximum Gasteiger partial charge on any atom is 0.410 e. The molecule has 6 heteroatoms. The second-order valence-corrected chi connectivity index (χ2v) is 6.73. The van der Waals surface area contributed by atoms with Crippen LogP contribution in [0.5, 0.6) is 0 Å². The van der Waals surface area contributed by atoms with Crippen LogP contribution in [-0.4, -0.2) is 53.1 Å². The molecule has 0 saturated carbocycles. The van der Waals surface area contributed by atoms with Crippen LogP contribution in [0.4, 0.5) is 4.79 Å². The van der Waals surface area contributed by atoms with E-state index in [1.54, 1.807) is 20.8 Å². The number of hydrogen-bond donors (Lipinski definition) is 0. The lowest BCUT2D eigenvalue weighted by molar-refractivity contribution is -0.312. The Morgan fingerprint density at radius 3 is 2.43 bits per heavy atom. The minimum Gasteiger partial charge on any atom is -0.548 e. The monoisotopic (exact) mass is 319 g/mol. The molecule has 6 nitrogen and oxygen atoms in total. The Morgan fingerprint density at radius 1 is 1.22 bits per heavy atom. The highest BCUT2D eigenvalue weighted by atomic mass is 16.6. The highest BCUT2D eigenvalue weighted by Gasteiger charge is 2.34. The number of amides is 1. The topological polar surface area (TPSA) is 72.9 Å². The van der Waals surface area contributed by atoms with Gasteiger partial charge in [-0.1, -0.05) is 30.3 Å². The van der Waals surface area contributed by atoms with Crippen LogP contribution < -0.4 is 5.11 Å². The second kappa shape index (κ2) is 7.00. The van der Waals surface area contributed by atoms with Crippen molar-refractivity contribution in [2.45, 2.75) is 39.0 Å². The van der Waals surface area contributed by atoms with Crippen molar-refractivity contribution in [3.05, 3.63) is 35.9 Å². The number of carbonyl (C=O) groups is 2. The van der Waals surface area contributed by atoms with E-state index < -0.39 is 23.7 Å². The molecule has 1 atom stereocenters. The molecule has 23 heavy (non-hydrogen) atoms. The molecule has 0 aliphatic carbocycles. The van der Waals surface area contributed by atoms with E-state index in [1.807, 2.05) is 35.2 Å². The van der Waals surface area contributed by atoms with Gasteiger partial charge in [-0.15, -0.1) is 0 Å². The molecular formula is C17H23N2O4-. The average Bonchev–Trinajstić information content (AvgIpc) is 2.46. The summed E-state index contributed by atoms with van der Waals surface area (Å²) in [6.07, 6.45) is -0.605. The fraction of sp³-hybridized carbons (Fsp3) is 0.529. The summed E-state index contributed by atoms with van der Waals surface area (Å²) in [6, 6.07) is 8.82. The molecule has 2 rings (SSSR count).